The van der Waals surface area contributed by atoms with Crippen molar-refractivity contribution in [2.24, 2.45) is 5.73 Å². The summed E-state index contributed by atoms with van der Waals surface area (Å²) in [7, 11) is 0. The maximum absolute atomic E-state index is 5.62. The molecule has 4 nitrogen and oxygen atoms in total. The van der Waals surface area contributed by atoms with Crippen molar-refractivity contribution < 1.29 is 14.2 Å². The van der Waals surface area contributed by atoms with Gasteiger partial charge in [0.25, 0.3) is 0 Å². The second-order valence-electron chi connectivity index (χ2n) is 3.93. The third-order valence-electron chi connectivity index (χ3n) is 2.36. The summed E-state index contributed by atoms with van der Waals surface area (Å²) >= 11 is 4.96. The molecule has 0 heterocycles. The summed E-state index contributed by atoms with van der Waals surface area (Å²) in [6.07, 6.45) is 1.03. The highest BCUT2D eigenvalue weighted by molar-refractivity contribution is 7.80. The Hall–Kier alpha value is -1.17. The fourth-order valence-corrected chi connectivity index (χ4v) is 1.64. The predicted molar refractivity (Wildman–Crippen MR) is 79.8 cm³/mol. The minimum atomic E-state index is 0.337. The molecule has 0 atom stereocenters. The lowest BCUT2D eigenvalue weighted by Crippen LogP contribution is -2.14. The van der Waals surface area contributed by atoms with Gasteiger partial charge < -0.3 is 19.9 Å². The second kappa shape index (κ2) is 9.72. The SMILES string of the molecule is CCCOCCOCCOc1ccccc1C(N)=S. The van der Waals surface area contributed by atoms with Crippen LogP contribution >= 0.6 is 12.2 Å². The average Bonchev–Trinajstić information content (AvgIpc) is 2.42. The van der Waals surface area contributed by atoms with Crippen LogP contribution in [0.4, 0.5) is 0 Å². The van der Waals surface area contributed by atoms with Gasteiger partial charge in [-0.1, -0.05) is 31.3 Å². The maximum Gasteiger partial charge on any atom is 0.129 e. The highest BCUT2D eigenvalue weighted by Crippen LogP contribution is 2.17. The largest absolute Gasteiger partial charge is 0.490 e. The van der Waals surface area contributed by atoms with Crippen LogP contribution in [-0.4, -0.2) is 38.0 Å². The van der Waals surface area contributed by atoms with E-state index in [1.807, 2.05) is 24.3 Å². The van der Waals surface area contributed by atoms with Crippen molar-refractivity contribution in [1.82, 2.24) is 0 Å². The predicted octanol–water partition coefficient (Wildman–Crippen LogP) is 2.14. The Kier molecular flexibility index (Phi) is 8.13. The van der Waals surface area contributed by atoms with E-state index in [1.54, 1.807) is 0 Å². The number of hydrogen-bond donors (Lipinski definition) is 1. The van der Waals surface area contributed by atoms with Crippen LogP contribution in [0.15, 0.2) is 24.3 Å². The zero-order chi connectivity index (χ0) is 13.9. The molecule has 19 heavy (non-hydrogen) atoms. The van der Waals surface area contributed by atoms with Crippen molar-refractivity contribution in [3.63, 3.8) is 0 Å². The van der Waals surface area contributed by atoms with E-state index >= 15 is 0 Å². The van der Waals surface area contributed by atoms with E-state index in [4.69, 9.17) is 32.2 Å². The van der Waals surface area contributed by atoms with Gasteiger partial charge in [0.2, 0.25) is 0 Å². The Labute approximate surface area is 119 Å². The summed E-state index contributed by atoms with van der Waals surface area (Å²) in [5, 5.41) is 0. The van der Waals surface area contributed by atoms with Crippen molar-refractivity contribution in [3.8, 4) is 5.75 Å². The van der Waals surface area contributed by atoms with Gasteiger partial charge in [-0.3, -0.25) is 0 Å². The van der Waals surface area contributed by atoms with Gasteiger partial charge in [0, 0.05) is 6.61 Å². The van der Waals surface area contributed by atoms with Crippen molar-refractivity contribution in [2.75, 3.05) is 33.0 Å². The topological polar surface area (TPSA) is 53.7 Å². The number of thiocarbonyl (C=S) groups is 1. The van der Waals surface area contributed by atoms with Crippen LogP contribution in [0.2, 0.25) is 0 Å². The first-order chi connectivity index (χ1) is 9.25. The van der Waals surface area contributed by atoms with Crippen molar-refractivity contribution in [3.05, 3.63) is 29.8 Å². The molecule has 0 bridgehead atoms. The Balaban J connectivity index is 2.17. The summed E-state index contributed by atoms with van der Waals surface area (Å²) in [6.45, 7) is 5.04. The summed E-state index contributed by atoms with van der Waals surface area (Å²) in [6, 6.07) is 7.45. The van der Waals surface area contributed by atoms with E-state index in [0.717, 1.165) is 18.6 Å². The molecule has 2 N–H and O–H groups in total. The smallest absolute Gasteiger partial charge is 0.129 e. The fourth-order valence-electron chi connectivity index (χ4n) is 1.47. The van der Waals surface area contributed by atoms with Crippen LogP contribution in [0.3, 0.4) is 0 Å². The van der Waals surface area contributed by atoms with Gasteiger partial charge in [-0.25, -0.2) is 0 Å². The number of nitrogens with two attached hydrogens (primary N) is 1. The molecule has 0 aliphatic heterocycles. The van der Waals surface area contributed by atoms with Gasteiger partial charge in [0.15, 0.2) is 0 Å². The highest BCUT2D eigenvalue weighted by atomic mass is 32.1. The van der Waals surface area contributed by atoms with Crippen LogP contribution in [0, 0.1) is 0 Å². The van der Waals surface area contributed by atoms with Crippen LogP contribution in [0.25, 0.3) is 0 Å². The number of ether oxygens (including phenoxy) is 3. The number of rotatable bonds is 10. The molecule has 1 aromatic carbocycles. The summed E-state index contributed by atoms with van der Waals surface area (Å²) in [5.74, 6) is 0.695. The monoisotopic (exact) mass is 283 g/mol. The van der Waals surface area contributed by atoms with E-state index < -0.39 is 0 Å². The molecule has 0 aliphatic rings. The lowest BCUT2D eigenvalue weighted by atomic mass is 10.2. The van der Waals surface area contributed by atoms with Crippen LogP contribution in [0.5, 0.6) is 5.75 Å². The standard InChI is InChI=1S/C14H21NO3S/c1-2-7-16-8-9-17-10-11-18-13-6-4-3-5-12(13)14(15)19/h3-6H,2,7-11H2,1H3,(H2,15,19). The van der Waals surface area contributed by atoms with Gasteiger partial charge >= 0.3 is 0 Å². The van der Waals surface area contributed by atoms with E-state index in [9.17, 15) is 0 Å². The van der Waals surface area contributed by atoms with Gasteiger partial charge in [-0.15, -0.1) is 0 Å². The first-order valence-electron chi connectivity index (χ1n) is 6.42. The van der Waals surface area contributed by atoms with E-state index in [1.165, 1.54) is 0 Å². The fraction of sp³-hybridized carbons (Fsp3) is 0.500. The Bertz CT molecular complexity index is 385. The molecule has 1 rings (SSSR count). The van der Waals surface area contributed by atoms with Gasteiger partial charge in [-0.2, -0.15) is 0 Å². The van der Waals surface area contributed by atoms with Crippen molar-refractivity contribution in [1.29, 1.82) is 0 Å². The maximum atomic E-state index is 5.62. The molecule has 0 fully saturated rings. The normalized spacial score (nSPS) is 10.4. The summed E-state index contributed by atoms with van der Waals surface area (Å²) in [5.41, 5.74) is 6.37. The number of para-hydroxylation sites is 1. The van der Waals surface area contributed by atoms with E-state index in [0.29, 0.717) is 37.2 Å². The summed E-state index contributed by atoms with van der Waals surface area (Å²) in [4.78, 5) is 0.337. The lowest BCUT2D eigenvalue weighted by molar-refractivity contribution is 0.0366. The molecule has 0 aliphatic carbocycles. The first-order valence-corrected chi connectivity index (χ1v) is 6.83. The Morgan fingerprint density at radius 1 is 1.05 bits per heavy atom. The molecule has 0 unspecified atom stereocenters. The quantitative estimate of drug-likeness (QED) is 0.527. The summed E-state index contributed by atoms with van der Waals surface area (Å²) < 4.78 is 16.3. The second-order valence-corrected chi connectivity index (χ2v) is 4.37. The van der Waals surface area contributed by atoms with Gasteiger partial charge in [0.05, 0.1) is 25.4 Å². The third kappa shape index (κ3) is 6.52. The molecule has 0 saturated heterocycles. The average molecular weight is 283 g/mol. The zero-order valence-electron chi connectivity index (χ0n) is 11.3. The van der Waals surface area contributed by atoms with Crippen molar-refractivity contribution in [2.45, 2.75) is 13.3 Å². The Morgan fingerprint density at radius 3 is 2.37 bits per heavy atom. The van der Waals surface area contributed by atoms with Crippen LogP contribution in [-0.2, 0) is 9.47 Å². The zero-order valence-corrected chi connectivity index (χ0v) is 12.1. The molecule has 1 aromatic rings. The highest BCUT2D eigenvalue weighted by Gasteiger charge is 2.04. The molecule has 0 spiro atoms. The molecular weight excluding hydrogens is 262 g/mol. The molecule has 0 radical (unpaired) electrons. The number of hydrogen-bond acceptors (Lipinski definition) is 4. The molecule has 5 heteroatoms. The minimum Gasteiger partial charge on any atom is -0.490 e. The lowest BCUT2D eigenvalue weighted by Gasteiger charge is -2.10. The van der Waals surface area contributed by atoms with E-state index in [-0.39, 0.29) is 0 Å². The van der Waals surface area contributed by atoms with Gasteiger partial charge in [-0.05, 0) is 18.6 Å². The minimum absolute atomic E-state index is 0.337. The molecule has 0 saturated carbocycles. The van der Waals surface area contributed by atoms with Crippen LogP contribution < -0.4 is 10.5 Å². The molecule has 106 valence electrons. The molecule has 0 amide bonds. The molecular formula is C14H21NO3S. The molecule has 0 aromatic heterocycles. The Morgan fingerprint density at radius 2 is 1.68 bits per heavy atom. The van der Waals surface area contributed by atoms with Crippen LogP contribution in [0.1, 0.15) is 18.9 Å². The third-order valence-corrected chi connectivity index (χ3v) is 2.58. The number of benzene rings is 1. The van der Waals surface area contributed by atoms with Gasteiger partial charge in [0.1, 0.15) is 17.3 Å². The first kappa shape index (κ1) is 15.9. The van der Waals surface area contributed by atoms with Crippen molar-refractivity contribution >= 4 is 17.2 Å². The van der Waals surface area contributed by atoms with E-state index in [2.05, 4.69) is 6.92 Å².